The fourth-order valence-corrected chi connectivity index (χ4v) is 3.80. The van der Waals surface area contributed by atoms with E-state index in [1.807, 2.05) is 50.2 Å². The first kappa shape index (κ1) is 20.4. The molecular weight excluding hydrogens is 390 g/mol. The van der Waals surface area contributed by atoms with E-state index in [9.17, 15) is 4.79 Å². The molecule has 1 amide bonds. The Morgan fingerprint density at radius 2 is 2.03 bits per heavy atom. The van der Waals surface area contributed by atoms with E-state index in [0.29, 0.717) is 24.5 Å². The minimum Gasteiger partial charge on any atom is -0.497 e. The number of methoxy groups -OCH3 is 1. The van der Waals surface area contributed by atoms with Crippen LogP contribution in [0.3, 0.4) is 0 Å². The number of carbonyl (C=O) groups excluding carboxylic acids is 1. The van der Waals surface area contributed by atoms with Crippen LogP contribution in [0.15, 0.2) is 55.0 Å². The summed E-state index contributed by atoms with van der Waals surface area (Å²) >= 11 is 0. The van der Waals surface area contributed by atoms with Crippen molar-refractivity contribution in [1.29, 1.82) is 0 Å². The van der Waals surface area contributed by atoms with Crippen molar-refractivity contribution in [2.75, 3.05) is 12.8 Å². The summed E-state index contributed by atoms with van der Waals surface area (Å²) in [7, 11) is 1.64. The number of aryl methyl sites for hydroxylation is 2. The maximum atomic E-state index is 12.7. The highest BCUT2D eigenvalue weighted by Gasteiger charge is 2.13. The molecule has 3 N–H and O–H groups in total. The number of fused-ring (bicyclic) bond motifs is 1. The molecule has 2 aromatic carbocycles. The van der Waals surface area contributed by atoms with Crippen molar-refractivity contribution in [3.8, 4) is 5.75 Å². The molecule has 0 bridgehead atoms. The molecule has 7 nitrogen and oxygen atoms in total. The zero-order valence-corrected chi connectivity index (χ0v) is 17.8. The van der Waals surface area contributed by atoms with Crippen LogP contribution in [0, 0.1) is 13.8 Å². The van der Waals surface area contributed by atoms with E-state index < -0.39 is 0 Å². The van der Waals surface area contributed by atoms with Crippen molar-refractivity contribution in [3.05, 3.63) is 82.8 Å². The number of aromatic nitrogens is 3. The number of anilines is 1. The molecule has 7 heteroatoms. The van der Waals surface area contributed by atoms with Crippen LogP contribution in [0.25, 0.3) is 10.8 Å². The number of nitrogens with one attached hydrogen (secondary N) is 1. The average molecular weight is 415 g/mol. The minimum absolute atomic E-state index is 0.162. The third-order valence-corrected chi connectivity index (χ3v) is 5.51. The number of hydrogen-bond acceptors (Lipinski definition) is 5. The summed E-state index contributed by atoms with van der Waals surface area (Å²) in [4.78, 5) is 16.9. The van der Waals surface area contributed by atoms with Crippen LogP contribution in [0.2, 0.25) is 0 Å². The summed E-state index contributed by atoms with van der Waals surface area (Å²) in [6.07, 6.45) is 5.04. The second-order valence-electron chi connectivity index (χ2n) is 7.55. The maximum absolute atomic E-state index is 12.7. The lowest BCUT2D eigenvalue weighted by Crippen LogP contribution is -2.23. The standard InChI is InChI=1S/C24H25N5O2/c1-15-9-21-20(7-8-26-23(21)25)16(2)22(15)12-27-24(30)18-11-28-29(14-18)13-17-5-4-6-19(10-17)31-3/h4-11,14H,12-13H2,1-3H3,(H2,25,26)(H,27,30). The monoisotopic (exact) mass is 415 g/mol. The number of nitrogens with two attached hydrogens (primary N) is 1. The van der Waals surface area contributed by atoms with E-state index >= 15 is 0 Å². The van der Waals surface area contributed by atoms with Gasteiger partial charge in [-0.15, -0.1) is 0 Å². The van der Waals surface area contributed by atoms with Crippen LogP contribution < -0.4 is 15.8 Å². The third-order valence-electron chi connectivity index (χ3n) is 5.51. The van der Waals surface area contributed by atoms with Crippen molar-refractivity contribution >= 4 is 22.5 Å². The molecule has 0 unspecified atom stereocenters. The summed E-state index contributed by atoms with van der Waals surface area (Å²) < 4.78 is 7.00. The average Bonchev–Trinajstić information content (AvgIpc) is 3.23. The van der Waals surface area contributed by atoms with E-state index in [2.05, 4.69) is 15.4 Å². The van der Waals surface area contributed by atoms with Gasteiger partial charge in [-0.3, -0.25) is 9.48 Å². The normalized spacial score (nSPS) is 10.9. The van der Waals surface area contributed by atoms with E-state index in [-0.39, 0.29) is 5.91 Å². The number of nitrogens with zero attached hydrogens (tertiary/aromatic N) is 3. The molecule has 0 aliphatic carbocycles. The minimum atomic E-state index is -0.162. The fourth-order valence-electron chi connectivity index (χ4n) is 3.80. The Morgan fingerprint density at radius 3 is 2.84 bits per heavy atom. The largest absolute Gasteiger partial charge is 0.497 e. The molecule has 0 aliphatic rings. The number of pyridine rings is 1. The van der Waals surface area contributed by atoms with Gasteiger partial charge in [0.1, 0.15) is 11.6 Å². The smallest absolute Gasteiger partial charge is 0.254 e. The number of amides is 1. The predicted molar refractivity (Wildman–Crippen MR) is 121 cm³/mol. The SMILES string of the molecule is COc1cccc(Cn2cc(C(=O)NCc3c(C)cc4c(N)nccc4c3C)cn2)c1. The highest BCUT2D eigenvalue weighted by Crippen LogP contribution is 2.27. The van der Waals surface area contributed by atoms with Crippen LogP contribution in [0.1, 0.15) is 32.6 Å². The van der Waals surface area contributed by atoms with Crippen LogP contribution >= 0.6 is 0 Å². The van der Waals surface area contributed by atoms with Gasteiger partial charge in [0, 0.05) is 24.3 Å². The van der Waals surface area contributed by atoms with Gasteiger partial charge in [0.05, 0.1) is 25.4 Å². The van der Waals surface area contributed by atoms with Crippen molar-refractivity contribution in [1.82, 2.24) is 20.1 Å². The van der Waals surface area contributed by atoms with Gasteiger partial charge in [-0.2, -0.15) is 5.10 Å². The Labute approximate surface area is 180 Å². The zero-order valence-electron chi connectivity index (χ0n) is 17.8. The van der Waals surface area contributed by atoms with E-state index in [1.165, 1.54) is 0 Å². The summed E-state index contributed by atoms with van der Waals surface area (Å²) in [5.41, 5.74) is 10.8. The lowest BCUT2D eigenvalue weighted by Gasteiger charge is -2.14. The first-order valence-corrected chi connectivity index (χ1v) is 10.0. The molecule has 0 radical (unpaired) electrons. The van der Waals surface area contributed by atoms with Gasteiger partial charge in [-0.25, -0.2) is 4.98 Å². The first-order chi connectivity index (χ1) is 15.0. The van der Waals surface area contributed by atoms with Crippen LogP contribution in [0.4, 0.5) is 5.82 Å². The lowest BCUT2D eigenvalue weighted by atomic mass is 9.96. The molecule has 0 saturated heterocycles. The Hall–Kier alpha value is -3.87. The molecule has 2 aromatic heterocycles. The number of rotatable bonds is 6. The van der Waals surface area contributed by atoms with Gasteiger partial charge < -0.3 is 15.8 Å². The molecule has 2 heterocycles. The third kappa shape index (κ3) is 4.21. The number of nitrogen functional groups attached to an aromatic ring is 1. The van der Waals surface area contributed by atoms with Gasteiger partial charge in [0.15, 0.2) is 0 Å². The van der Waals surface area contributed by atoms with Crippen LogP contribution in [-0.4, -0.2) is 27.8 Å². The van der Waals surface area contributed by atoms with Crippen molar-refractivity contribution in [2.45, 2.75) is 26.9 Å². The quantitative estimate of drug-likeness (QED) is 0.502. The van der Waals surface area contributed by atoms with Gasteiger partial charge in [-0.1, -0.05) is 12.1 Å². The second kappa shape index (κ2) is 8.47. The molecule has 158 valence electrons. The topological polar surface area (TPSA) is 95.1 Å². The Morgan fingerprint density at radius 1 is 1.19 bits per heavy atom. The summed E-state index contributed by atoms with van der Waals surface area (Å²) in [6.45, 7) is 5.05. The Balaban J connectivity index is 1.47. The van der Waals surface area contributed by atoms with Crippen molar-refractivity contribution < 1.29 is 9.53 Å². The summed E-state index contributed by atoms with van der Waals surface area (Å²) in [6, 6.07) is 11.8. The molecule has 4 rings (SSSR count). The second-order valence-corrected chi connectivity index (χ2v) is 7.55. The predicted octanol–water partition coefficient (Wildman–Crippen LogP) is 3.62. The fraction of sp³-hybridized carbons (Fsp3) is 0.208. The van der Waals surface area contributed by atoms with E-state index in [1.54, 1.807) is 30.4 Å². The van der Waals surface area contributed by atoms with Gasteiger partial charge in [-0.05, 0) is 65.8 Å². The molecule has 0 saturated carbocycles. The molecule has 0 fully saturated rings. The number of ether oxygens (including phenoxy) is 1. The molecule has 0 atom stereocenters. The Kier molecular flexibility index (Phi) is 5.58. The Bertz CT molecular complexity index is 1260. The summed E-state index contributed by atoms with van der Waals surface area (Å²) in [5, 5.41) is 9.32. The maximum Gasteiger partial charge on any atom is 0.254 e. The van der Waals surface area contributed by atoms with Gasteiger partial charge in [0.25, 0.3) is 5.91 Å². The first-order valence-electron chi connectivity index (χ1n) is 10.0. The number of carbonyl (C=O) groups is 1. The van der Waals surface area contributed by atoms with Crippen LogP contribution in [0.5, 0.6) is 5.75 Å². The van der Waals surface area contributed by atoms with E-state index in [0.717, 1.165) is 38.8 Å². The van der Waals surface area contributed by atoms with Gasteiger partial charge in [0.2, 0.25) is 0 Å². The molecule has 0 aliphatic heterocycles. The van der Waals surface area contributed by atoms with Crippen molar-refractivity contribution in [3.63, 3.8) is 0 Å². The van der Waals surface area contributed by atoms with Crippen LogP contribution in [-0.2, 0) is 13.1 Å². The highest BCUT2D eigenvalue weighted by molar-refractivity contribution is 5.95. The molecule has 0 spiro atoms. The molecule has 4 aromatic rings. The number of hydrogen-bond donors (Lipinski definition) is 2. The zero-order chi connectivity index (χ0) is 22.0. The number of benzene rings is 2. The van der Waals surface area contributed by atoms with E-state index in [4.69, 9.17) is 10.5 Å². The molecule has 31 heavy (non-hydrogen) atoms. The highest BCUT2D eigenvalue weighted by atomic mass is 16.5. The lowest BCUT2D eigenvalue weighted by molar-refractivity contribution is 0.0950. The van der Waals surface area contributed by atoms with Gasteiger partial charge >= 0.3 is 0 Å². The molecular formula is C24H25N5O2. The van der Waals surface area contributed by atoms with Crippen molar-refractivity contribution in [2.24, 2.45) is 0 Å². The summed E-state index contributed by atoms with van der Waals surface area (Å²) in [5.74, 6) is 1.15.